The van der Waals surface area contributed by atoms with E-state index in [0.717, 1.165) is 17.5 Å². The molecule has 0 radical (unpaired) electrons. The molecule has 5 nitrogen and oxygen atoms in total. The first-order chi connectivity index (χ1) is 12.8. The van der Waals surface area contributed by atoms with Crippen molar-refractivity contribution in [1.29, 1.82) is 0 Å². The van der Waals surface area contributed by atoms with Gasteiger partial charge in [-0.1, -0.05) is 18.2 Å². The van der Waals surface area contributed by atoms with Gasteiger partial charge in [-0.3, -0.25) is 4.79 Å². The number of carbonyl (C=O) groups is 1. The summed E-state index contributed by atoms with van der Waals surface area (Å²) in [5, 5.41) is 7.86. The number of halogens is 3. The SMILES string of the molecule is Cn1cnnc1Cc1cccc(N2Cc3c(cccc3C(F)(F)F)C2=O)c1. The number of carbonyl (C=O) groups excluding carboxylic acids is 1. The van der Waals surface area contributed by atoms with Gasteiger partial charge in [0.1, 0.15) is 12.2 Å². The summed E-state index contributed by atoms with van der Waals surface area (Å²) in [6, 6.07) is 10.9. The Bertz CT molecular complexity index is 1030. The molecule has 27 heavy (non-hydrogen) atoms. The number of aryl methyl sites for hydroxylation is 1. The number of alkyl halides is 3. The zero-order chi connectivity index (χ0) is 19.2. The molecule has 0 fully saturated rings. The summed E-state index contributed by atoms with van der Waals surface area (Å²) in [7, 11) is 1.83. The smallest absolute Gasteiger partial charge is 0.320 e. The van der Waals surface area contributed by atoms with Crippen LogP contribution in [-0.2, 0) is 26.2 Å². The lowest BCUT2D eigenvalue weighted by atomic mass is 10.0. The van der Waals surface area contributed by atoms with Crippen LogP contribution in [0.15, 0.2) is 48.8 Å². The Balaban J connectivity index is 1.66. The molecule has 8 heteroatoms. The molecule has 0 saturated carbocycles. The number of hydrogen-bond donors (Lipinski definition) is 0. The molecule has 0 atom stereocenters. The Morgan fingerprint density at radius 1 is 1.15 bits per heavy atom. The first kappa shape index (κ1) is 17.3. The fourth-order valence-corrected chi connectivity index (χ4v) is 3.29. The molecule has 0 aliphatic carbocycles. The van der Waals surface area contributed by atoms with E-state index < -0.39 is 17.6 Å². The number of rotatable bonds is 3. The van der Waals surface area contributed by atoms with Gasteiger partial charge in [-0.25, -0.2) is 0 Å². The molecule has 0 spiro atoms. The molecule has 1 aliphatic heterocycles. The molecule has 1 amide bonds. The molecular weight excluding hydrogens is 357 g/mol. The maximum atomic E-state index is 13.3. The summed E-state index contributed by atoms with van der Waals surface area (Å²) in [6.07, 6.45) is -2.39. The molecule has 1 aliphatic rings. The van der Waals surface area contributed by atoms with E-state index in [-0.39, 0.29) is 17.7 Å². The van der Waals surface area contributed by atoms with Crippen LogP contribution in [0.4, 0.5) is 18.9 Å². The normalized spacial score (nSPS) is 13.9. The Kier molecular flexibility index (Phi) is 3.98. The molecule has 0 bridgehead atoms. The van der Waals surface area contributed by atoms with E-state index in [9.17, 15) is 18.0 Å². The first-order valence-corrected chi connectivity index (χ1v) is 8.27. The topological polar surface area (TPSA) is 51.0 Å². The Morgan fingerprint density at radius 2 is 1.93 bits per heavy atom. The second-order valence-corrected chi connectivity index (χ2v) is 6.43. The Morgan fingerprint density at radius 3 is 2.63 bits per heavy atom. The third-order valence-corrected chi connectivity index (χ3v) is 4.66. The van der Waals surface area contributed by atoms with Gasteiger partial charge in [0, 0.05) is 24.7 Å². The monoisotopic (exact) mass is 372 g/mol. The van der Waals surface area contributed by atoms with Crippen LogP contribution in [0.25, 0.3) is 0 Å². The predicted molar refractivity (Wildman–Crippen MR) is 92.2 cm³/mol. The first-order valence-electron chi connectivity index (χ1n) is 8.27. The van der Waals surface area contributed by atoms with Gasteiger partial charge in [0.25, 0.3) is 5.91 Å². The molecule has 0 N–H and O–H groups in total. The second-order valence-electron chi connectivity index (χ2n) is 6.43. The average Bonchev–Trinajstić information content (AvgIpc) is 3.18. The zero-order valence-electron chi connectivity index (χ0n) is 14.4. The minimum Gasteiger partial charge on any atom is -0.320 e. The Hall–Kier alpha value is -3.16. The lowest BCUT2D eigenvalue weighted by molar-refractivity contribution is -0.138. The fraction of sp³-hybridized carbons (Fsp3) is 0.211. The summed E-state index contributed by atoms with van der Waals surface area (Å²) in [5.41, 5.74) is 0.815. The minimum absolute atomic E-state index is 0.0219. The van der Waals surface area contributed by atoms with Crippen LogP contribution in [0, 0.1) is 0 Å². The van der Waals surface area contributed by atoms with Gasteiger partial charge in [0.15, 0.2) is 0 Å². The second kappa shape index (κ2) is 6.22. The van der Waals surface area contributed by atoms with Crippen molar-refractivity contribution < 1.29 is 18.0 Å². The largest absolute Gasteiger partial charge is 0.416 e. The highest BCUT2D eigenvalue weighted by molar-refractivity contribution is 6.10. The summed E-state index contributed by atoms with van der Waals surface area (Å²) < 4.78 is 41.6. The third-order valence-electron chi connectivity index (χ3n) is 4.66. The number of benzene rings is 2. The molecule has 3 aromatic rings. The quantitative estimate of drug-likeness (QED) is 0.706. The maximum Gasteiger partial charge on any atom is 0.416 e. The van der Waals surface area contributed by atoms with Gasteiger partial charge in [-0.15, -0.1) is 10.2 Å². The van der Waals surface area contributed by atoms with Crippen LogP contribution in [0.2, 0.25) is 0 Å². The maximum absolute atomic E-state index is 13.3. The van der Waals surface area contributed by atoms with E-state index >= 15 is 0 Å². The van der Waals surface area contributed by atoms with Gasteiger partial charge in [-0.2, -0.15) is 13.2 Å². The van der Waals surface area contributed by atoms with Crippen molar-refractivity contribution in [3.8, 4) is 0 Å². The zero-order valence-corrected chi connectivity index (χ0v) is 14.4. The summed E-state index contributed by atoms with van der Waals surface area (Å²) in [5.74, 6) is 0.328. The standard InChI is InChI=1S/C19H15F3N4O/c1-25-11-23-24-17(25)9-12-4-2-5-13(8-12)26-10-15-14(18(26)27)6-3-7-16(15)19(20,21)22/h2-8,11H,9-10H2,1H3. The van der Waals surface area contributed by atoms with Crippen molar-refractivity contribution in [2.75, 3.05) is 4.90 Å². The molecule has 2 aromatic carbocycles. The molecule has 1 aromatic heterocycles. The van der Waals surface area contributed by atoms with Crippen LogP contribution < -0.4 is 4.90 Å². The number of hydrogen-bond acceptors (Lipinski definition) is 3. The van der Waals surface area contributed by atoms with Crippen LogP contribution in [0.3, 0.4) is 0 Å². The van der Waals surface area contributed by atoms with Crippen molar-refractivity contribution in [2.45, 2.75) is 19.1 Å². The Labute approximate surface area is 153 Å². The van der Waals surface area contributed by atoms with Gasteiger partial charge >= 0.3 is 6.18 Å². The summed E-state index contributed by atoms with van der Waals surface area (Å²) in [6.45, 7) is -0.0999. The van der Waals surface area contributed by atoms with Gasteiger partial charge in [0.05, 0.1) is 12.1 Å². The third kappa shape index (κ3) is 3.07. The summed E-state index contributed by atoms with van der Waals surface area (Å²) >= 11 is 0. The molecular formula is C19H15F3N4O. The number of nitrogens with zero attached hydrogens (tertiary/aromatic N) is 4. The van der Waals surface area contributed by atoms with Crippen molar-refractivity contribution in [2.24, 2.45) is 7.05 Å². The predicted octanol–water partition coefficient (Wildman–Crippen LogP) is 3.59. The van der Waals surface area contributed by atoms with Gasteiger partial charge in [-0.05, 0) is 35.4 Å². The molecule has 2 heterocycles. The highest BCUT2D eigenvalue weighted by Crippen LogP contribution is 2.38. The highest BCUT2D eigenvalue weighted by Gasteiger charge is 2.39. The van der Waals surface area contributed by atoms with E-state index in [2.05, 4.69) is 10.2 Å². The highest BCUT2D eigenvalue weighted by atomic mass is 19.4. The fourth-order valence-electron chi connectivity index (χ4n) is 3.29. The lowest BCUT2D eigenvalue weighted by Gasteiger charge is -2.17. The number of amides is 1. The van der Waals surface area contributed by atoms with E-state index in [1.54, 1.807) is 29.1 Å². The molecule has 4 rings (SSSR count). The van der Waals surface area contributed by atoms with Gasteiger partial charge in [0.2, 0.25) is 0 Å². The van der Waals surface area contributed by atoms with Crippen LogP contribution in [0.1, 0.15) is 32.9 Å². The van der Waals surface area contributed by atoms with Crippen molar-refractivity contribution >= 4 is 11.6 Å². The molecule has 138 valence electrons. The number of anilines is 1. The number of fused-ring (bicyclic) bond motifs is 1. The van der Waals surface area contributed by atoms with E-state index in [0.29, 0.717) is 12.1 Å². The van der Waals surface area contributed by atoms with Crippen molar-refractivity contribution in [3.63, 3.8) is 0 Å². The lowest BCUT2D eigenvalue weighted by Crippen LogP contribution is -2.23. The van der Waals surface area contributed by atoms with Crippen LogP contribution in [-0.4, -0.2) is 20.7 Å². The van der Waals surface area contributed by atoms with E-state index in [4.69, 9.17) is 0 Å². The summed E-state index contributed by atoms with van der Waals surface area (Å²) in [4.78, 5) is 14.1. The minimum atomic E-state index is -4.49. The van der Waals surface area contributed by atoms with Crippen molar-refractivity contribution in [1.82, 2.24) is 14.8 Å². The van der Waals surface area contributed by atoms with Crippen LogP contribution >= 0.6 is 0 Å². The van der Waals surface area contributed by atoms with E-state index in [1.165, 1.54) is 17.0 Å². The average molecular weight is 372 g/mol. The van der Waals surface area contributed by atoms with Crippen molar-refractivity contribution in [3.05, 3.63) is 76.9 Å². The van der Waals surface area contributed by atoms with Gasteiger partial charge < -0.3 is 9.47 Å². The van der Waals surface area contributed by atoms with Crippen LogP contribution in [0.5, 0.6) is 0 Å². The molecule has 0 saturated heterocycles. The number of aromatic nitrogens is 3. The van der Waals surface area contributed by atoms with E-state index in [1.807, 2.05) is 13.1 Å². The molecule has 0 unspecified atom stereocenters.